The van der Waals surface area contributed by atoms with E-state index in [0.717, 1.165) is 45.8 Å². The Balaban J connectivity index is 1.40. The molecular weight excluding hydrogens is 262 g/mol. The Kier molecular flexibility index (Phi) is 4.62. The molecule has 2 aromatic heterocycles. The second-order valence-corrected chi connectivity index (χ2v) is 5.75. The zero-order valence-corrected chi connectivity index (χ0v) is 12.6. The van der Waals surface area contributed by atoms with Crippen LogP contribution in [0.1, 0.15) is 11.1 Å². The van der Waals surface area contributed by atoms with Gasteiger partial charge in [0.15, 0.2) is 0 Å². The van der Waals surface area contributed by atoms with Crippen LogP contribution < -0.4 is 0 Å². The Hall–Kier alpha value is -1.72. The summed E-state index contributed by atoms with van der Waals surface area (Å²) in [6, 6.07) is 4.21. The van der Waals surface area contributed by atoms with Crippen LogP contribution in [-0.4, -0.2) is 57.3 Å². The Morgan fingerprint density at radius 2 is 1.71 bits per heavy atom. The summed E-state index contributed by atoms with van der Waals surface area (Å²) in [4.78, 5) is 9.12. The van der Waals surface area contributed by atoms with Crippen molar-refractivity contribution in [3.8, 4) is 0 Å². The molecule has 1 fully saturated rings. The SMILES string of the molecule is Cc1cnn(CCN2CCN(Cc3ccncc3)CC2)c1. The average Bonchev–Trinajstić information content (AvgIpc) is 2.93. The van der Waals surface area contributed by atoms with Gasteiger partial charge in [-0.1, -0.05) is 0 Å². The van der Waals surface area contributed by atoms with E-state index in [1.165, 1.54) is 11.1 Å². The standard InChI is InChI=1S/C16H23N5/c1-15-12-18-21(13-15)11-10-19-6-8-20(9-7-19)14-16-2-4-17-5-3-16/h2-5,12-13H,6-11,14H2,1H3. The Bertz CT molecular complexity index is 543. The van der Waals surface area contributed by atoms with Crippen molar-refractivity contribution in [1.82, 2.24) is 24.6 Å². The summed E-state index contributed by atoms with van der Waals surface area (Å²) in [6.07, 6.45) is 7.78. The number of nitrogens with zero attached hydrogens (tertiary/aromatic N) is 5. The van der Waals surface area contributed by atoms with E-state index in [4.69, 9.17) is 0 Å². The van der Waals surface area contributed by atoms with Gasteiger partial charge in [0.1, 0.15) is 0 Å². The number of aryl methyl sites for hydroxylation is 1. The van der Waals surface area contributed by atoms with Crippen LogP contribution in [0.3, 0.4) is 0 Å². The van der Waals surface area contributed by atoms with Gasteiger partial charge in [0.2, 0.25) is 0 Å². The van der Waals surface area contributed by atoms with Gasteiger partial charge in [-0.05, 0) is 30.2 Å². The maximum atomic E-state index is 4.34. The molecule has 5 nitrogen and oxygen atoms in total. The van der Waals surface area contributed by atoms with E-state index in [9.17, 15) is 0 Å². The van der Waals surface area contributed by atoms with Crippen LogP contribution in [0.15, 0.2) is 36.9 Å². The first-order valence-corrected chi connectivity index (χ1v) is 7.62. The normalized spacial score (nSPS) is 17.2. The highest BCUT2D eigenvalue weighted by Gasteiger charge is 2.16. The van der Waals surface area contributed by atoms with Crippen LogP contribution in [0.5, 0.6) is 0 Å². The van der Waals surface area contributed by atoms with Crippen molar-refractivity contribution in [3.63, 3.8) is 0 Å². The lowest BCUT2D eigenvalue weighted by Crippen LogP contribution is -2.46. The molecule has 3 heterocycles. The van der Waals surface area contributed by atoms with Gasteiger partial charge in [-0.15, -0.1) is 0 Å². The van der Waals surface area contributed by atoms with Gasteiger partial charge in [0.05, 0.1) is 12.7 Å². The van der Waals surface area contributed by atoms with Crippen molar-refractivity contribution in [2.24, 2.45) is 0 Å². The smallest absolute Gasteiger partial charge is 0.0536 e. The third-order valence-electron chi connectivity index (χ3n) is 4.03. The molecule has 21 heavy (non-hydrogen) atoms. The molecule has 1 aliphatic heterocycles. The molecule has 0 aromatic carbocycles. The molecule has 5 heteroatoms. The second-order valence-electron chi connectivity index (χ2n) is 5.75. The first-order chi connectivity index (χ1) is 10.3. The van der Waals surface area contributed by atoms with Crippen molar-refractivity contribution in [3.05, 3.63) is 48.0 Å². The minimum absolute atomic E-state index is 0.984. The van der Waals surface area contributed by atoms with E-state index in [2.05, 4.69) is 45.1 Å². The number of aromatic nitrogens is 3. The first-order valence-electron chi connectivity index (χ1n) is 7.62. The summed E-state index contributed by atoms with van der Waals surface area (Å²) in [6.45, 7) is 9.76. The molecule has 0 aliphatic carbocycles. The van der Waals surface area contributed by atoms with Crippen molar-refractivity contribution >= 4 is 0 Å². The van der Waals surface area contributed by atoms with Crippen molar-refractivity contribution in [2.45, 2.75) is 20.0 Å². The van der Waals surface area contributed by atoms with Gasteiger partial charge < -0.3 is 0 Å². The topological polar surface area (TPSA) is 37.2 Å². The lowest BCUT2D eigenvalue weighted by Gasteiger charge is -2.34. The Morgan fingerprint density at radius 3 is 2.38 bits per heavy atom. The number of piperazine rings is 1. The van der Waals surface area contributed by atoms with Gasteiger partial charge >= 0.3 is 0 Å². The van der Waals surface area contributed by atoms with E-state index in [1.807, 2.05) is 23.3 Å². The molecule has 0 radical (unpaired) electrons. The van der Waals surface area contributed by atoms with Crippen LogP contribution >= 0.6 is 0 Å². The zero-order valence-electron chi connectivity index (χ0n) is 12.6. The highest BCUT2D eigenvalue weighted by molar-refractivity contribution is 5.09. The predicted molar refractivity (Wildman–Crippen MR) is 82.9 cm³/mol. The fourth-order valence-corrected chi connectivity index (χ4v) is 2.75. The van der Waals surface area contributed by atoms with Crippen molar-refractivity contribution in [2.75, 3.05) is 32.7 Å². The quantitative estimate of drug-likeness (QED) is 0.832. The molecule has 112 valence electrons. The molecule has 0 N–H and O–H groups in total. The molecule has 1 aliphatic rings. The van der Waals surface area contributed by atoms with Gasteiger partial charge in [0, 0.05) is 57.9 Å². The third-order valence-corrected chi connectivity index (χ3v) is 4.03. The van der Waals surface area contributed by atoms with Gasteiger partial charge in [-0.3, -0.25) is 19.5 Å². The summed E-state index contributed by atoms with van der Waals surface area (Å²) in [5.41, 5.74) is 2.59. The summed E-state index contributed by atoms with van der Waals surface area (Å²) in [5, 5.41) is 4.34. The van der Waals surface area contributed by atoms with E-state index < -0.39 is 0 Å². The zero-order chi connectivity index (χ0) is 14.5. The Morgan fingerprint density at radius 1 is 1.00 bits per heavy atom. The summed E-state index contributed by atoms with van der Waals surface area (Å²) >= 11 is 0. The van der Waals surface area contributed by atoms with E-state index >= 15 is 0 Å². The van der Waals surface area contributed by atoms with E-state index in [0.29, 0.717) is 0 Å². The lowest BCUT2D eigenvalue weighted by molar-refractivity contribution is 0.123. The molecule has 0 amide bonds. The predicted octanol–water partition coefficient (Wildman–Crippen LogP) is 1.40. The maximum Gasteiger partial charge on any atom is 0.0536 e. The molecule has 0 atom stereocenters. The molecule has 1 saturated heterocycles. The molecule has 0 unspecified atom stereocenters. The lowest BCUT2D eigenvalue weighted by atomic mass is 10.2. The van der Waals surface area contributed by atoms with Crippen LogP contribution in [0.4, 0.5) is 0 Å². The van der Waals surface area contributed by atoms with Crippen LogP contribution in [-0.2, 0) is 13.1 Å². The molecule has 3 rings (SSSR count). The fraction of sp³-hybridized carbons (Fsp3) is 0.500. The highest BCUT2D eigenvalue weighted by Crippen LogP contribution is 2.08. The molecule has 0 bridgehead atoms. The number of hydrogen-bond acceptors (Lipinski definition) is 4. The van der Waals surface area contributed by atoms with Crippen LogP contribution in [0.2, 0.25) is 0 Å². The minimum atomic E-state index is 0.984. The van der Waals surface area contributed by atoms with Gasteiger partial charge in [-0.2, -0.15) is 5.10 Å². The number of hydrogen-bond donors (Lipinski definition) is 0. The van der Waals surface area contributed by atoms with Gasteiger partial charge in [0.25, 0.3) is 0 Å². The van der Waals surface area contributed by atoms with Crippen LogP contribution in [0, 0.1) is 6.92 Å². The average molecular weight is 285 g/mol. The van der Waals surface area contributed by atoms with Crippen molar-refractivity contribution < 1.29 is 0 Å². The Labute approximate surface area is 126 Å². The number of rotatable bonds is 5. The highest BCUT2D eigenvalue weighted by atomic mass is 15.3. The largest absolute Gasteiger partial charge is 0.299 e. The number of pyridine rings is 1. The molecule has 0 spiro atoms. The second kappa shape index (κ2) is 6.83. The van der Waals surface area contributed by atoms with E-state index in [-0.39, 0.29) is 0 Å². The summed E-state index contributed by atoms with van der Waals surface area (Å²) in [7, 11) is 0. The summed E-state index contributed by atoms with van der Waals surface area (Å²) in [5.74, 6) is 0. The molecule has 2 aromatic rings. The maximum absolute atomic E-state index is 4.34. The molecular formula is C16H23N5. The minimum Gasteiger partial charge on any atom is -0.299 e. The van der Waals surface area contributed by atoms with Crippen molar-refractivity contribution in [1.29, 1.82) is 0 Å². The fourth-order valence-electron chi connectivity index (χ4n) is 2.75. The molecule has 0 saturated carbocycles. The van der Waals surface area contributed by atoms with Crippen LogP contribution in [0.25, 0.3) is 0 Å². The summed E-state index contributed by atoms with van der Waals surface area (Å²) < 4.78 is 2.04. The first kappa shape index (κ1) is 14.2. The third kappa shape index (κ3) is 4.12. The monoisotopic (exact) mass is 285 g/mol. The van der Waals surface area contributed by atoms with E-state index in [1.54, 1.807) is 0 Å². The van der Waals surface area contributed by atoms with Gasteiger partial charge in [-0.25, -0.2) is 0 Å².